The van der Waals surface area contributed by atoms with Gasteiger partial charge in [0.15, 0.2) is 0 Å². The number of carbonyl (C=O) groups excluding carboxylic acids is 1. The maximum absolute atomic E-state index is 13.4. The van der Waals surface area contributed by atoms with E-state index in [2.05, 4.69) is 10.5 Å². The van der Waals surface area contributed by atoms with E-state index in [-0.39, 0.29) is 44.6 Å². The van der Waals surface area contributed by atoms with E-state index in [1.165, 1.54) is 48.5 Å². The number of nitrogens with zero attached hydrogens (tertiary/aromatic N) is 2. The Kier molecular flexibility index (Phi) is 7.82. The average Bonchev–Trinajstić information content (AvgIpc) is 3.26. The molecule has 38 heavy (non-hydrogen) atoms. The third-order valence-corrected chi connectivity index (χ3v) is 4.85. The van der Waals surface area contributed by atoms with Crippen LogP contribution in [0.2, 0.25) is 0 Å². The van der Waals surface area contributed by atoms with Crippen LogP contribution in [0.15, 0.2) is 65.2 Å². The molecule has 0 aliphatic rings. The number of rotatable bonds is 4. The van der Waals surface area contributed by atoms with Crippen LogP contribution in [-0.4, -0.2) is 39.7 Å². The number of benzene rings is 3. The smallest absolute Gasteiger partial charge is 0.417 e. The first kappa shape index (κ1) is 27.8. The predicted molar refractivity (Wildman–Crippen MR) is 125 cm³/mol. The normalized spacial score (nSPS) is 11.3. The second kappa shape index (κ2) is 10.7. The van der Waals surface area contributed by atoms with Crippen molar-refractivity contribution in [2.24, 2.45) is 0 Å². The van der Waals surface area contributed by atoms with E-state index in [9.17, 15) is 27.9 Å². The van der Waals surface area contributed by atoms with Crippen LogP contribution in [0.4, 0.5) is 18.9 Å². The van der Waals surface area contributed by atoms with E-state index < -0.39 is 34.0 Å². The van der Waals surface area contributed by atoms with Crippen molar-refractivity contribution in [3.05, 3.63) is 83.1 Å². The fourth-order valence-electron chi connectivity index (χ4n) is 3.34. The number of nitrogens with one attached hydrogen (secondary N) is 1. The number of anilines is 1. The van der Waals surface area contributed by atoms with Gasteiger partial charge in [-0.05, 0) is 47.5 Å². The Morgan fingerprint density at radius 1 is 1.03 bits per heavy atom. The van der Waals surface area contributed by atoms with Crippen molar-refractivity contribution in [1.82, 2.24) is 5.16 Å². The van der Waals surface area contributed by atoms with Crippen molar-refractivity contribution in [2.75, 3.05) is 5.32 Å². The van der Waals surface area contributed by atoms with Crippen LogP contribution < -0.4 is 5.32 Å². The molecule has 0 spiro atoms. The molecule has 0 unspecified atom stereocenters. The van der Waals surface area contributed by atoms with Crippen LogP contribution in [0.25, 0.3) is 22.0 Å². The Morgan fingerprint density at radius 2 is 1.68 bits per heavy atom. The Bertz CT molecular complexity index is 1680. The number of carboxylic acid groups (broad SMARTS) is 1. The number of alkyl halides is 3. The lowest BCUT2D eigenvalue weighted by atomic mass is 9.98. The van der Waals surface area contributed by atoms with Crippen molar-refractivity contribution in [3.63, 3.8) is 0 Å². The summed E-state index contributed by atoms with van der Waals surface area (Å²) < 4.78 is 76.7. The highest BCUT2D eigenvalue weighted by Gasteiger charge is 2.33. The molecule has 4 rings (SSSR count). The largest absolute Gasteiger partial charge is 0.478 e. The molecule has 3 aromatic carbocycles. The third-order valence-electron chi connectivity index (χ3n) is 4.85. The Morgan fingerprint density at radius 3 is 2.29 bits per heavy atom. The summed E-state index contributed by atoms with van der Waals surface area (Å²) in [4.78, 5) is 24.2. The lowest BCUT2D eigenvalue weighted by Gasteiger charge is -2.12. The first-order valence-electron chi connectivity index (χ1n) is 10.0. The molecular weight excluding hydrogens is 535 g/mol. The minimum Gasteiger partial charge on any atom is -0.478 e. The maximum Gasteiger partial charge on any atom is 0.417 e. The van der Waals surface area contributed by atoms with Crippen LogP contribution in [0, 0.1) is 11.3 Å². The number of halogens is 3. The Labute approximate surface area is 211 Å². The van der Waals surface area contributed by atoms with E-state index in [4.69, 9.17) is 27.3 Å². The van der Waals surface area contributed by atoms with Gasteiger partial charge >= 0.3 is 22.5 Å². The number of hydrogen-bond donors (Lipinski definition) is 4. The first-order chi connectivity index (χ1) is 17.7. The van der Waals surface area contributed by atoms with Crippen molar-refractivity contribution >= 4 is 38.9 Å². The molecule has 4 N–H and O–H groups in total. The standard InChI is InChI=1S/C23H12F3N3O4.H2O4S/c24-23(25,26)17-4-2-1-3-14(17)13-6-7-15-19(10-13)29-33-20(15)21(30)28-18-8-5-12(11-27)9-16(18)22(31)32;1-5(2,3)4/h1-10H,(H,28,30)(H,31,32);(H2,1,2,3,4). The first-order valence-corrected chi connectivity index (χ1v) is 11.4. The minimum atomic E-state index is -4.67. The fourth-order valence-corrected chi connectivity index (χ4v) is 3.34. The highest BCUT2D eigenvalue weighted by Crippen LogP contribution is 2.38. The van der Waals surface area contributed by atoms with Crippen LogP contribution in [0.3, 0.4) is 0 Å². The number of carboxylic acids is 1. The van der Waals surface area contributed by atoms with Gasteiger partial charge < -0.3 is 14.9 Å². The molecule has 11 nitrogen and oxygen atoms in total. The van der Waals surface area contributed by atoms with Gasteiger partial charge in [-0.25, -0.2) is 4.79 Å². The second-order valence-electron chi connectivity index (χ2n) is 7.37. The van der Waals surface area contributed by atoms with Crippen LogP contribution in [0.1, 0.15) is 32.0 Å². The Balaban J connectivity index is 0.000000732. The molecule has 0 fully saturated rings. The van der Waals surface area contributed by atoms with E-state index >= 15 is 0 Å². The molecule has 4 aromatic rings. The number of aromatic carboxylic acids is 1. The molecule has 0 aliphatic carbocycles. The summed E-state index contributed by atoms with van der Waals surface area (Å²) in [6, 6.07) is 14.8. The number of fused-ring (bicyclic) bond motifs is 1. The maximum atomic E-state index is 13.4. The molecule has 0 atom stereocenters. The van der Waals surface area contributed by atoms with Crippen molar-refractivity contribution < 1.29 is 49.9 Å². The summed E-state index contributed by atoms with van der Waals surface area (Å²) in [5.74, 6) is -2.41. The average molecular weight is 549 g/mol. The Hall–Kier alpha value is -4.78. The van der Waals surface area contributed by atoms with Crippen molar-refractivity contribution in [1.29, 1.82) is 5.26 Å². The van der Waals surface area contributed by atoms with Gasteiger partial charge in [0.2, 0.25) is 5.76 Å². The zero-order valence-electron chi connectivity index (χ0n) is 18.6. The predicted octanol–water partition coefficient (Wildman–Crippen LogP) is 4.68. The summed E-state index contributed by atoms with van der Waals surface area (Å²) >= 11 is 0. The van der Waals surface area contributed by atoms with Gasteiger partial charge in [0.05, 0.1) is 33.8 Å². The molecule has 0 aliphatic heterocycles. The quantitative estimate of drug-likeness (QED) is 0.260. The molecule has 0 radical (unpaired) electrons. The highest BCUT2D eigenvalue weighted by molar-refractivity contribution is 7.79. The van der Waals surface area contributed by atoms with Gasteiger partial charge in [0, 0.05) is 0 Å². The topological polar surface area (TPSA) is 191 Å². The van der Waals surface area contributed by atoms with Gasteiger partial charge in [-0.2, -0.15) is 26.9 Å². The van der Waals surface area contributed by atoms with E-state index in [0.717, 1.165) is 12.1 Å². The summed E-state index contributed by atoms with van der Waals surface area (Å²) in [5.41, 5.74) is -0.743. The second-order valence-corrected chi connectivity index (χ2v) is 8.26. The molecule has 0 saturated heterocycles. The third kappa shape index (κ3) is 6.70. The number of aromatic nitrogens is 1. The van der Waals surface area contributed by atoms with Crippen LogP contribution >= 0.6 is 0 Å². The molecule has 0 saturated carbocycles. The zero-order chi connectivity index (χ0) is 28.3. The van der Waals surface area contributed by atoms with E-state index in [0.29, 0.717) is 0 Å². The molecule has 1 heterocycles. The monoisotopic (exact) mass is 549 g/mol. The number of amides is 1. The minimum absolute atomic E-state index is 0.0513. The number of hydrogen-bond acceptors (Lipinski definition) is 7. The number of carbonyl (C=O) groups is 2. The number of nitriles is 1. The van der Waals surface area contributed by atoms with Crippen molar-refractivity contribution in [3.8, 4) is 17.2 Å². The lowest BCUT2D eigenvalue weighted by Crippen LogP contribution is -2.14. The fraction of sp³-hybridized carbons (Fsp3) is 0.0435. The lowest BCUT2D eigenvalue weighted by molar-refractivity contribution is -0.137. The highest BCUT2D eigenvalue weighted by atomic mass is 32.3. The van der Waals surface area contributed by atoms with Gasteiger partial charge in [0.1, 0.15) is 5.52 Å². The molecule has 1 amide bonds. The summed E-state index contributed by atoms with van der Waals surface area (Å²) in [6.07, 6.45) is -4.55. The van der Waals surface area contributed by atoms with E-state index in [1.54, 1.807) is 0 Å². The van der Waals surface area contributed by atoms with Gasteiger partial charge in [-0.3, -0.25) is 13.9 Å². The van der Waals surface area contributed by atoms with Gasteiger partial charge in [-0.1, -0.05) is 29.4 Å². The molecule has 15 heteroatoms. The van der Waals surface area contributed by atoms with Gasteiger partial charge in [-0.15, -0.1) is 0 Å². The van der Waals surface area contributed by atoms with Crippen LogP contribution in [0.5, 0.6) is 0 Å². The molecule has 196 valence electrons. The summed E-state index contributed by atoms with van der Waals surface area (Å²) in [5, 5.41) is 24.7. The van der Waals surface area contributed by atoms with E-state index in [1.807, 2.05) is 6.07 Å². The summed E-state index contributed by atoms with van der Waals surface area (Å²) in [7, 11) is -4.67. The zero-order valence-corrected chi connectivity index (χ0v) is 19.4. The molecular formula is C23H14F3N3O8S. The van der Waals surface area contributed by atoms with Gasteiger partial charge in [0.25, 0.3) is 5.91 Å². The summed E-state index contributed by atoms with van der Waals surface area (Å²) in [6.45, 7) is 0. The molecule has 1 aromatic heterocycles. The molecule has 0 bridgehead atoms. The SMILES string of the molecule is N#Cc1ccc(NC(=O)c2onc3cc(-c4ccccc4C(F)(F)F)ccc23)c(C(=O)O)c1.O=S(=O)(O)O. The van der Waals surface area contributed by atoms with Crippen molar-refractivity contribution in [2.45, 2.75) is 6.18 Å². The van der Waals surface area contributed by atoms with Crippen LogP contribution in [-0.2, 0) is 16.6 Å².